The summed E-state index contributed by atoms with van der Waals surface area (Å²) in [6, 6.07) is 0.419. The second-order valence-electron chi connectivity index (χ2n) is 4.39. The molecular formula is C11H17BrClN3. The topological polar surface area (TPSA) is 29.0 Å². The fraction of sp³-hybridized carbons (Fsp3) is 0.636. The predicted octanol–water partition coefficient (Wildman–Crippen LogP) is 3.76. The van der Waals surface area contributed by atoms with E-state index in [0.717, 1.165) is 16.7 Å². The molecule has 0 saturated heterocycles. The highest BCUT2D eigenvalue weighted by atomic mass is 79.9. The average molecular weight is 307 g/mol. The van der Waals surface area contributed by atoms with Crippen LogP contribution in [0.25, 0.3) is 0 Å². The predicted molar refractivity (Wildman–Crippen MR) is 72.1 cm³/mol. The van der Waals surface area contributed by atoms with Crippen molar-refractivity contribution >= 4 is 33.3 Å². The van der Waals surface area contributed by atoms with Crippen LogP contribution in [0.3, 0.4) is 0 Å². The van der Waals surface area contributed by atoms with Gasteiger partial charge < -0.3 is 4.90 Å². The summed E-state index contributed by atoms with van der Waals surface area (Å²) in [6.07, 6.45) is 2.60. The number of halogens is 2. The Hall–Kier alpha value is -0.350. The van der Waals surface area contributed by atoms with Gasteiger partial charge in [0.1, 0.15) is 17.3 Å². The van der Waals surface area contributed by atoms with E-state index in [1.165, 1.54) is 6.33 Å². The maximum Gasteiger partial charge on any atom is 0.148 e. The van der Waals surface area contributed by atoms with Crippen LogP contribution < -0.4 is 4.90 Å². The molecule has 0 amide bonds. The van der Waals surface area contributed by atoms with Gasteiger partial charge in [-0.15, -0.1) is 0 Å². The summed E-state index contributed by atoms with van der Waals surface area (Å²) >= 11 is 9.36. The van der Waals surface area contributed by atoms with Crippen LogP contribution in [0.1, 0.15) is 27.2 Å². The molecule has 1 unspecified atom stereocenters. The van der Waals surface area contributed by atoms with Crippen molar-refractivity contribution in [1.82, 2.24) is 9.97 Å². The van der Waals surface area contributed by atoms with Crippen LogP contribution in [0.15, 0.2) is 10.8 Å². The van der Waals surface area contributed by atoms with Gasteiger partial charge in [0.15, 0.2) is 0 Å². The Kier molecular flexibility index (Phi) is 4.99. The Morgan fingerprint density at radius 1 is 1.38 bits per heavy atom. The lowest BCUT2D eigenvalue weighted by atomic mass is 10.0. The van der Waals surface area contributed by atoms with Gasteiger partial charge in [0.25, 0.3) is 0 Å². The Labute approximate surface area is 110 Å². The molecule has 0 bridgehead atoms. The SMILES string of the molecule is CC(C)CC(C)N(C)c1ncnc(Cl)c1Br. The van der Waals surface area contributed by atoms with Gasteiger partial charge in [0, 0.05) is 13.1 Å². The van der Waals surface area contributed by atoms with Gasteiger partial charge in [0.05, 0.1) is 4.47 Å². The summed E-state index contributed by atoms with van der Waals surface area (Å²) in [4.78, 5) is 10.3. The van der Waals surface area contributed by atoms with Gasteiger partial charge in [-0.2, -0.15) is 0 Å². The molecule has 0 aliphatic carbocycles. The maximum absolute atomic E-state index is 5.94. The maximum atomic E-state index is 5.94. The molecule has 3 nitrogen and oxygen atoms in total. The van der Waals surface area contributed by atoms with Crippen molar-refractivity contribution in [2.75, 3.05) is 11.9 Å². The summed E-state index contributed by atoms with van der Waals surface area (Å²) in [5.74, 6) is 1.50. The zero-order valence-corrected chi connectivity index (χ0v) is 12.4. The van der Waals surface area contributed by atoms with Gasteiger partial charge in [-0.1, -0.05) is 25.4 Å². The van der Waals surface area contributed by atoms with Gasteiger partial charge in [-0.25, -0.2) is 9.97 Å². The van der Waals surface area contributed by atoms with Gasteiger partial charge >= 0.3 is 0 Å². The van der Waals surface area contributed by atoms with Crippen molar-refractivity contribution in [2.45, 2.75) is 33.2 Å². The molecule has 0 N–H and O–H groups in total. The molecule has 16 heavy (non-hydrogen) atoms. The number of anilines is 1. The smallest absolute Gasteiger partial charge is 0.148 e. The van der Waals surface area contributed by atoms with E-state index in [2.05, 4.69) is 51.6 Å². The van der Waals surface area contributed by atoms with Crippen molar-refractivity contribution < 1.29 is 0 Å². The molecule has 0 spiro atoms. The van der Waals surface area contributed by atoms with Gasteiger partial charge in [-0.05, 0) is 35.2 Å². The van der Waals surface area contributed by atoms with Crippen LogP contribution >= 0.6 is 27.5 Å². The summed E-state index contributed by atoms with van der Waals surface area (Å²) in [5, 5.41) is 0.452. The van der Waals surface area contributed by atoms with Crippen LogP contribution in [0, 0.1) is 5.92 Å². The molecule has 1 aromatic heterocycles. The summed E-state index contributed by atoms with van der Waals surface area (Å²) in [5.41, 5.74) is 0. The summed E-state index contributed by atoms with van der Waals surface area (Å²) < 4.78 is 0.759. The first-order valence-electron chi connectivity index (χ1n) is 5.32. The molecule has 5 heteroatoms. The Bertz CT molecular complexity index is 357. The zero-order chi connectivity index (χ0) is 12.3. The lowest BCUT2D eigenvalue weighted by molar-refractivity contribution is 0.501. The van der Waals surface area contributed by atoms with E-state index in [0.29, 0.717) is 17.1 Å². The molecule has 1 rings (SSSR count). The van der Waals surface area contributed by atoms with Crippen LogP contribution in [0.2, 0.25) is 5.15 Å². The standard InChI is InChI=1S/C11H17BrClN3/c1-7(2)5-8(3)16(4)11-9(12)10(13)14-6-15-11/h6-8H,5H2,1-4H3. The highest BCUT2D eigenvalue weighted by Crippen LogP contribution is 2.30. The van der Waals surface area contributed by atoms with E-state index in [9.17, 15) is 0 Å². The van der Waals surface area contributed by atoms with Gasteiger partial charge in [0.2, 0.25) is 0 Å². The molecule has 1 aromatic rings. The quantitative estimate of drug-likeness (QED) is 0.793. The Morgan fingerprint density at radius 3 is 2.56 bits per heavy atom. The first kappa shape index (κ1) is 13.7. The molecular weight excluding hydrogens is 289 g/mol. The molecule has 1 heterocycles. The number of hydrogen-bond acceptors (Lipinski definition) is 3. The van der Waals surface area contributed by atoms with Crippen molar-refractivity contribution in [3.8, 4) is 0 Å². The third-order valence-corrected chi connectivity index (χ3v) is 3.78. The fourth-order valence-electron chi connectivity index (χ4n) is 1.63. The Balaban J connectivity index is 2.87. The molecule has 1 atom stereocenters. The summed E-state index contributed by atoms with van der Waals surface area (Å²) in [6.45, 7) is 6.61. The molecule has 0 aromatic carbocycles. The van der Waals surface area contributed by atoms with Crippen molar-refractivity contribution in [1.29, 1.82) is 0 Å². The summed E-state index contributed by atoms with van der Waals surface area (Å²) in [7, 11) is 2.02. The zero-order valence-electron chi connectivity index (χ0n) is 10.0. The van der Waals surface area contributed by atoms with Crippen LogP contribution in [-0.2, 0) is 0 Å². The monoisotopic (exact) mass is 305 g/mol. The van der Waals surface area contributed by atoms with Crippen LogP contribution in [-0.4, -0.2) is 23.1 Å². The fourth-order valence-corrected chi connectivity index (χ4v) is 2.25. The van der Waals surface area contributed by atoms with Crippen LogP contribution in [0.5, 0.6) is 0 Å². The van der Waals surface area contributed by atoms with Gasteiger partial charge in [-0.3, -0.25) is 0 Å². The van der Waals surface area contributed by atoms with E-state index in [4.69, 9.17) is 11.6 Å². The molecule has 0 saturated carbocycles. The van der Waals surface area contributed by atoms with E-state index in [-0.39, 0.29) is 0 Å². The highest BCUT2D eigenvalue weighted by molar-refractivity contribution is 9.10. The molecule has 0 aliphatic rings. The van der Waals surface area contributed by atoms with Crippen molar-refractivity contribution in [3.05, 3.63) is 16.0 Å². The lowest BCUT2D eigenvalue weighted by Crippen LogP contribution is -2.31. The molecule has 0 radical (unpaired) electrons. The second-order valence-corrected chi connectivity index (χ2v) is 5.54. The van der Waals surface area contributed by atoms with E-state index in [1.54, 1.807) is 0 Å². The number of rotatable bonds is 4. The number of aromatic nitrogens is 2. The third kappa shape index (κ3) is 3.32. The van der Waals surface area contributed by atoms with E-state index in [1.807, 2.05) is 7.05 Å². The number of hydrogen-bond donors (Lipinski definition) is 0. The van der Waals surface area contributed by atoms with E-state index >= 15 is 0 Å². The second kappa shape index (κ2) is 5.82. The normalized spacial score (nSPS) is 12.9. The molecule has 0 aliphatic heterocycles. The lowest BCUT2D eigenvalue weighted by Gasteiger charge is -2.28. The minimum Gasteiger partial charge on any atom is -0.356 e. The first-order valence-corrected chi connectivity index (χ1v) is 6.49. The van der Waals surface area contributed by atoms with E-state index < -0.39 is 0 Å². The molecule has 90 valence electrons. The average Bonchev–Trinajstić information content (AvgIpc) is 2.20. The minimum atomic E-state index is 0.419. The first-order chi connectivity index (χ1) is 7.43. The minimum absolute atomic E-state index is 0.419. The Morgan fingerprint density at radius 2 is 2.00 bits per heavy atom. The number of nitrogens with zero attached hydrogens (tertiary/aromatic N) is 3. The van der Waals surface area contributed by atoms with Crippen molar-refractivity contribution in [3.63, 3.8) is 0 Å². The van der Waals surface area contributed by atoms with Crippen molar-refractivity contribution in [2.24, 2.45) is 5.92 Å². The third-order valence-electron chi connectivity index (χ3n) is 2.54. The highest BCUT2D eigenvalue weighted by Gasteiger charge is 2.17. The largest absolute Gasteiger partial charge is 0.356 e. The molecule has 0 fully saturated rings. The van der Waals surface area contributed by atoms with Crippen LogP contribution in [0.4, 0.5) is 5.82 Å².